The first-order chi connectivity index (χ1) is 9.08. The van der Waals surface area contributed by atoms with E-state index in [-0.39, 0.29) is 13.2 Å². The molecule has 0 N–H and O–H groups in total. The molecule has 0 aliphatic carbocycles. The fourth-order valence-electron chi connectivity index (χ4n) is 2.26. The van der Waals surface area contributed by atoms with Crippen molar-refractivity contribution in [1.29, 1.82) is 0 Å². The highest BCUT2D eigenvalue weighted by Crippen LogP contribution is 2.34. The van der Waals surface area contributed by atoms with Gasteiger partial charge in [0.15, 0.2) is 5.41 Å². The largest absolute Gasteiger partial charge is 0.465 e. The Kier molecular flexibility index (Phi) is 9.27. The lowest BCUT2D eigenvalue weighted by Crippen LogP contribution is -2.42. The molecule has 0 aliphatic heterocycles. The Hall–Kier alpha value is -1.06. The fourth-order valence-corrected chi connectivity index (χ4v) is 2.26. The normalized spacial score (nSPS) is 11.2. The second-order valence-electron chi connectivity index (χ2n) is 4.73. The molecule has 0 saturated heterocycles. The maximum atomic E-state index is 12.2. The zero-order valence-electron chi connectivity index (χ0n) is 12.8. The summed E-state index contributed by atoms with van der Waals surface area (Å²) in [4.78, 5) is 24.5. The Morgan fingerprint density at radius 1 is 0.789 bits per heavy atom. The smallest absolute Gasteiger partial charge is 0.323 e. The maximum absolute atomic E-state index is 12.2. The van der Waals surface area contributed by atoms with E-state index >= 15 is 0 Å². The van der Waals surface area contributed by atoms with E-state index in [1.54, 1.807) is 13.8 Å². The van der Waals surface area contributed by atoms with Gasteiger partial charge in [-0.25, -0.2) is 0 Å². The van der Waals surface area contributed by atoms with Gasteiger partial charge < -0.3 is 9.47 Å². The average Bonchev–Trinajstić information content (AvgIpc) is 2.38. The van der Waals surface area contributed by atoms with Gasteiger partial charge >= 0.3 is 11.9 Å². The summed E-state index contributed by atoms with van der Waals surface area (Å²) in [5.74, 6) is -0.849. The Morgan fingerprint density at radius 3 is 1.68 bits per heavy atom. The molecule has 0 spiro atoms. The monoisotopic (exact) mass is 272 g/mol. The number of esters is 2. The Balaban J connectivity index is 5.08. The van der Waals surface area contributed by atoms with Gasteiger partial charge in [0.1, 0.15) is 0 Å². The molecule has 0 amide bonds. The zero-order valence-corrected chi connectivity index (χ0v) is 12.8. The van der Waals surface area contributed by atoms with Crippen LogP contribution in [0.15, 0.2) is 0 Å². The Morgan fingerprint density at radius 2 is 1.32 bits per heavy atom. The summed E-state index contributed by atoms with van der Waals surface area (Å²) in [6, 6.07) is 0. The summed E-state index contributed by atoms with van der Waals surface area (Å²) < 4.78 is 10.2. The minimum Gasteiger partial charge on any atom is -0.465 e. The molecule has 0 heterocycles. The second kappa shape index (κ2) is 9.82. The van der Waals surface area contributed by atoms with Crippen molar-refractivity contribution in [2.24, 2.45) is 5.41 Å². The van der Waals surface area contributed by atoms with Crippen LogP contribution >= 0.6 is 0 Å². The van der Waals surface area contributed by atoms with Gasteiger partial charge in [-0.05, 0) is 26.7 Å². The summed E-state index contributed by atoms with van der Waals surface area (Å²) in [6.45, 7) is 8.15. The van der Waals surface area contributed by atoms with Crippen LogP contribution in [0.25, 0.3) is 0 Å². The van der Waals surface area contributed by atoms with Gasteiger partial charge in [-0.1, -0.05) is 39.5 Å². The van der Waals surface area contributed by atoms with Gasteiger partial charge in [0, 0.05) is 0 Å². The quantitative estimate of drug-likeness (QED) is 0.347. The number of rotatable bonds is 10. The molecule has 0 radical (unpaired) electrons. The third kappa shape index (κ3) is 5.21. The van der Waals surface area contributed by atoms with Crippen LogP contribution in [0.5, 0.6) is 0 Å². The van der Waals surface area contributed by atoms with E-state index in [2.05, 4.69) is 6.92 Å². The molecule has 0 aromatic carbocycles. The molecule has 0 aromatic heterocycles. The lowest BCUT2D eigenvalue weighted by Gasteiger charge is -2.28. The van der Waals surface area contributed by atoms with Crippen molar-refractivity contribution in [2.45, 2.75) is 66.2 Å². The molecule has 0 bridgehead atoms. The maximum Gasteiger partial charge on any atom is 0.323 e. The summed E-state index contributed by atoms with van der Waals surface area (Å²) in [5.41, 5.74) is -1.10. The van der Waals surface area contributed by atoms with Crippen LogP contribution < -0.4 is 0 Å². The molecule has 0 rings (SSSR count). The lowest BCUT2D eigenvalue weighted by atomic mass is 9.78. The van der Waals surface area contributed by atoms with E-state index in [4.69, 9.17) is 9.47 Å². The number of ether oxygens (including phenoxy) is 2. The first-order valence-corrected chi connectivity index (χ1v) is 7.43. The standard InChI is InChI=1S/C15H28O4/c1-5-9-10-12-15(11-6-2,13(16)18-7-3)14(17)19-8-4/h5-12H2,1-4H3. The average molecular weight is 272 g/mol. The van der Waals surface area contributed by atoms with Gasteiger partial charge in [0.2, 0.25) is 0 Å². The molecule has 0 fully saturated rings. The van der Waals surface area contributed by atoms with E-state index in [0.717, 1.165) is 25.7 Å². The molecule has 0 saturated carbocycles. The Labute approximate surface area is 116 Å². The van der Waals surface area contributed by atoms with Crippen LogP contribution in [0.4, 0.5) is 0 Å². The topological polar surface area (TPSA) is 52.6 Å². The fraction of sp³-hybridized carbons (Fsp3) is 0.867. The third-order valence-corrected chi connectivity index (χ3v) is 3.22. The predicted octanol–water partition coefficient (Wildman–Crippen LogP) is 3.48. The molecule has 4 nitrogen and oxygen atoms in total. The van der Waals surface area contributed by atoms with Crippen molar-refractivity contribution in [3.8, 4) is 0 Å². The number of hydrogen-bond donors (Lipinski definition) is 0. The molecular weight excluding hydrogens is 244 g/mol. The van der Waals surface area contributed by atoms with E-state index < -0.39 is 17.4 Å². The van der Waals surface area contributed by atoms with Crippen LogP contribution in [-0.2, 0) is 19.1 Å². The first kappa shape index (κ1) is 17.9. The lowest BCUT2D eigenvalue weighted by molar-refractivity contribution is -0.173. The van der Waals surface area contributed by atoms with Gasteiger partial charge in [-0.2, -0.15) is 0 Å². The van der Waals surface area contributed by atoms with Gasteiger partial charge in [-0.3, -0.25) is 9.59 Å². The van der Waals surface area contributed by atoms with Crippen molar-refractivity contribution in [2.75, 3.05) is 13.2 Å². The Bertz CT molecular complexity index is 255. The highest BCUT2D eigenvalue weighted by atomic mass is 16.6. The molecule has 0 aromatic rings. The molecule has 19 heavy (non-hydrogen) atoms. The van der Waals surface area contributed by atoms with Gasteiger partial charge in [0.25, 0.3) is 0 Å². The highest BCUT2D eigenvalue weighted by Gasteiger charge is 2.47. The highest BCUT2D eigenvalue weighted by molar-refractivity contribution is 6.00. The number of hydrogen-bond acceptors (Lipinski definition) is 4. The molecule has 0 atom stereocenters. The van der Waals surface area contributed by atoms with Crippen molar-refractivity contribution in [3.05, 3.63) is 0 Å². The number of carbonyl (C=O) groups excluding carboxylic acids is 2. The first-order valence-electron chi connectivity index (χ1n) is 7.43. The van der Waals surface area contributed by atoms with Crippen LogP contribution in [0.2, 0.25) is 0 Å². The zero-order chi connectivity index (χ0) is 14.7. The summed E-state index contributed by atoms with van der Waals surface area (Å²) in [5, 5.41) is 0. The summed E-state index contributed by atoms with van der Waals surface area (Å²) >= 11 is 0. The molecular formula is C15H28O4. The molecule has 112 valence electrons. The second-order valence-corrected chi connectivity index (χ2v) is 4.73. The SMILES string of the molecule is CCCCCC(CCC)(C(=O)OCC)C(=O)OCC. The number of unbranched alkanes of at least 4 members (excludes halogenated alkanes) is 2. The predicted molar refractivity (Wildman–Crippen MR) is 74.7 cm³/mol. The van der Waals surface area contributed by atoms with E-state index in [9.17, 15) is 9.59 Å². The van der Waals surface area contributed by atoms with Gasteiger partial charge in [-0.15, -0.1) is 0 Å². The van der Waals surface area contributed by atoms with Crippen LogP contribution in [-0.4, -0.2) is 25.2 Å². The van der Waals surface area contributed by atoms with Crippen molar-refractivity contribution < 1.29 is 19.1 Å². The van der Waals surface area contributed by atoms with Crippen LogP contribution in [0, 0.1) is 5.41 Å². The van der Waals surface area contributed by atoms with Gasteiger partial charge in [0.05, 0.1) is 13.2 Å². The van der Waals surface area contributed by atoms with E-state index in [0.29, 0.717) is 12.8 Å². The third-order valence-electron chi connectivity index (χ3n) is 3.22. The minimum atomic E-state index is -1.10. The van der Waals surface area contributed by atoms with Crippen LogP contribution in [0.3, 0.4) is 0 Å². The van der Waals surface area contributed by atoms with Crippen molar-refractivity contribution in [1.82, 2.24) is 0 Å². The van der Waals surface area contributed by atoms with E-state index in [1.165, 1.54) is 0 Å². The molecule has 0 unspecified atom stereocenters. The van der Waals surface area contributed by atoms with E-state index in [1.807, 2.05) is 6.92 Å². The van der Waals surface area contributed by atoms with Crippen molar-refractivity contribution >= 4 is 11.9 Å². The number of carbonyl (C=O) groups is 2. The summed E-state index contributed by atoms with van der Waals surface area (Å²) in [7, 11) is 0. The van der Waals surface area contributed by atoms with Crippen molar-refractivity contribution in [3.63, 3.8) is 0 Å². The molecule has 4 heteroatoms. The minimum absolute atomic E-state index is 0.289. The summed E-state index contributed by atoms with van der Waals surface area (Å²) in [6.07, 6.45) is 4.66. The van der Waals surface area contributed by atoms with Crippen LogP contribution in [0.1, 0.15) is 66.2 Å². The molecule has 0 aliphatic rings.